The molecule has 0 bridgehead atoms. The molecule has 0 saturated carbocycles. The normalized spacial score (nSPS) is 18.5. The quantitative estimate of drug-likeness (QED) is 0.784. The van der Waals surface area contributed by atoms with Crippen molar-refractivity contribution in [3.05, 3.63) is 51.4 Å². The molecule has 1 saturated heterocycles. The summed E-state index contributed by atoms with van der Waals surface area (Å²) in [5.74, 6) is -0.0324. The van der Waals surface area contributed by atoms with Crippen LogP contribution in [0.25, 0.3) is 0 Å². The van der Waals surface area contributed by atoms with E-state index in [9.17, 15) is 9.59 Å². The van der Waals surface area contributed by atoms with Crippen LogP contribution >= 0.6 is 11.3 Å². The molecule has 150 valence electrons. The number of carbonyl (C=O) groups excluding carboxylic acids is 2. The molecule has 0 N–H and O–H groups in total. The zero-order valence-corrected chi connectivity index (χ0v) is 17.6. The van der Waals surface area contributed by atoms with E-state index in [1.807, 2.05) is 4.90 Å². The van der Waals surface area contributed by atoms with Crippen molar-refractivity contribution in [1.82, 2.24) is 4.90 Å². The van der Waals surface area contributed by atoms with Gasteiger partial charge in [-0.15, -0.1) is 11.3 Å². The van der Waals surface area contributed by atoms with E-state index in [1.165, 1.54) is 16.0 Å². The number of anilines is 1. The zero-order chi connectivity index (χ0) is 20.0. The number of rotatable bonds is 3. The molecule has 1 aromatic heterocycles. The Morgan fingerprint density at radius 1 is 1.10 bits per heavy atom. The summed E-state index contributed by atoms with van der Waals surface area (Å²) in [6, 6.07) is 8.36. The molecule has 0 unspecified atom stereocenters. The van der Waals surface area contributed by atoms with Gasteiger partial charge in [-0.25, -0.2) is 0 Å². The topological polar surface area (TPSA) is 53.0 Å². The van der Waals surface area contributed by atoms with Crippen molar-refractivity contribution in [2.24, 2.45) is 4.99 Å². The van der Waals surface area contributed by atoms with Gasteiger partial charge in [-0.2, -0.15) is 0 Å². The first-order chi connectivity index (χ1) is 14.1. The predicted octanol–water partition coefficient (Wildman–Crippen LogP) is 3.35. The first-order valence-corrected chi connectivity index (χ1v) is 11.3. The van der Waals surface area contributed by atoms with Crippen molar-refractivity contribution in [2.45, 2.75) is 39.0 Å². The molecule has 0 spiro atoms. The summed E-state index contributed by atoms with van der Waals surface area (Å²) in [6.45, 7) is 3.90. The molecule has 5 nitrogen and oxygen atoms in total. The molecule has 2 amide bonds. The second-order valence-electron chi connectivity index (χ2n) is 8.14. The van der Waals surface area contributed by atoms with Crippen molar-refractivity contribution in [2.75, 3.05) is 31.1 Å². The molecule has 1 fully saturated rings. The van der Waals surface area contributed by atoms with E-state index in [0.29, 0.717) is 0 Å². The highest BCUT2D eigenvalue weighted by molar-refractivity contribution is 7.17. The van der Waals surface area contributed by atoms with E-state index in [-0.39, 0.29) is 24.9 Å². The summed E-state index contributed by atoms with van der Waals surface area (Å²) >= 11 is 1.69. The van der Waals surface area contributed by atoms with Crippen molar-refractivity contribution in [3.63, 3.8) is 0 Å². The van der Waals surface area contributed by atoms with Crippen molar-refractivity contribution in [3.8, 4) is 0 Å². The number of carbonyl (C=O) groups is 2. The van der Waals surface area contributed by atoms with Crippen LogP contribution in [-0.4, -0.2) is 48.6 Å². The molecule has 6 heteroatoms. The van der Waals surface area contributed by atoms with Gasteiger partial charge in [0.2, 0.25) is 11.8 Å². The van der Waals surface area contributed by atoms with Gasteiger partial charge in [-0.05, 0) is 44.6 Å². The molecule has 5 rings (SSSR count). The Balaban J connectivity index is 1.57. The minimum absolute atomic E-state index is 0.0501. The van der Waals surface area contributed by atoms with E-state index in [4.69, 9.17) is 4.99 Å². The van der Waals surface area contributed by atoms with Gasteiger partial charge in [-0.1, -0.05) is 29.8 Å². The Hall–Kier alpha value is -2.47. The third-order valence-corrected chi connectivity index (χ3v) is 7.45. The summed E-state index contributed by atoms with van der Waals surface area (Å²) in [6.07, 6.45) is 5.33. The van der Waals surface area contributed by atoms with Crippen LogP contribution in [0.2, 0.25) is 0 Å². The number of hydrogen-bond acceptors (Lipinski definition) is 4. The standard InChI is InChI=1S/C23H25N3O2S/c1-15-7-9-16(10-8-15)22-21-17-5-4-6-18(17)29-23(21)26(19(27)13-24-22)14-20(28)25-11-2-3-12-25/h7-10H,2-6,11-14H2,1H3. The Labute approximate surface area is 175 Å². The molecule has 3 heterocycles. The van der Waals surface area contributed by atoms with Crippen LogP contribution in [0.15, 0.2) is 29.3 Å². The minimum atomic E-state index is -0.0826. The van der Waals surface area contributed by atoms with E-state index < -0.39 is 0 Å². The molecular formula is C23H25N3O2S. The van der Waals surface area contributed by atoms with Crippen LogP contribution in [0.1, 0.15) is 46.4 Å². The number of aryl methyl sites for hydroxylation is 2. The molecule has 0 radical (unpaired) electrons. The van der Waals surface area contributed by atoms with Gasteiger partial charge in [0.05, 0.1) is 5.71 Å². The fourth-order valence-corrected chi connectivity index (χ4v) is 5.96. The fourth-order valence-electron chi connectivity index (χ4n) is 4.56. The average Bonchev–Trinajstić information content (AvgIpc) is 3.44. The van der Waals surface area contributed by atoms with Crippen LogP contribution in [0.5, 0.6) is 0 Å². The first kappa shape index (κ1) is 18.6. The van der Waals surface area contributed by atoms with Crippen molar-refractivity contribution in [1.29, 1.82) is 0 Å². The van der Waals surface area contributed by atoms with Gasteiger partial charge in [-0.3, -0.25) is 19.5 Å². The maximum absolute atomic E-state index is 13.0. The lowest BCUT2D eigenvalue weighted by Crippen LogP contribution is -2.42. The van der Waals surface area contributed by atoms with Crippen LogP contribution in [0.3, 0.4) is 0 Å². The Morgan fingerprint density at radius 2 is 1.86 bits per heavy atom. The van der Waals surface area contributed by atoms with Crippen molar-refractivity contribution >= 4 is 33.9 Å². The van der Waals surface area contributed by atoms with E-state index in [1.54, 1.807) is 16.2 Å². The number of likely N-dealkylation sites (tertiary alicyclic amines) is 1. The largest absolute Gasteiger partial charge is 0.341 e. The lowest BCUT2D eigenvalue weighted by molar-refractivity contribution is -0.130. The summed E-state index contributed by atoms with van der Waals surface area (Å²) in [5.41, 5.74) is 5.57. The van der Waals surface area contributed by atoms with Crippen molar-refractivity contribution < 1.29 is 9.59 Å². The maximum atomic E-state index is 13.0. The van der Waals surface area contributed by atoms with Crippen LogP contribution in [0, 0.1) is 6.92 Å². The van der Waals surface area contributed by atoms with Gasteiger partial charge in [0.1, 0.15) is 18.1 Å². The third-order valence-electron chi connectivity index (χ3n) is 6.14. The lowest BCUT2D eigenvalue weighted by atomic mass is 9.98. The number of amides is 2. The lowest BCUT2D eigenvalue weighted by Gasteiger charge is -2.23. The zero-order valence-electron chi connectivity index (χ0n) is 16.7. The molecular weight excluding hydrogens is 382 g/mol. The van der Waals surface area contributed by atoms with Crippen LogP contribution in [-0.2, 0) is 22.4 Å². The number of benzene rings is 1. The van der Waals surface area contributed by atoms with Gasteiger partial charge >= 0.3 is 0 Å². The second kappa shape index (κ2) is 7.41. The molecule has 2 aromatic rings. The van der Waals surface area contributed by atoms with E-state index >= 15 is 0 Å². The van der Waals surface area contributed by atoms with E-state index in [2.05, 4.69) is 31.2 Å². The van der Waals surface area contributed by atoms with Gasteiger partial charge in [0, 0.05) is 29.1 Å². The van der Waals surface area contributed by atoms with Gasteiger partial charge in [0.25, 0.3) is 0 Å². The number of fused-ring (bicyclic) bond motifs is 3. The van der Waals surface area contributed by atoms with Gasteiger partial charge < -0.3 is 4.90 Å². The maximum Gasteiger partial charge on any atom is 0.249 e. The van der Waals surface area contributed by atoms with Crippen LogP contribution < -0.4 is 4.90 Å². The molecule has 1 aliphatic carbocycles. The SMILES string of the molecule is Cc1ccc(C2=NCC(=O)N(CC(=O)N3CCCC3)c3sc4c(c32)CCC4)cc1. The smallest absolute Gasteiger partial charge is 0.249 e. The summed E-state index contributed by atoms with van der Waals surface area (Å²) in [4.78, 5) is 35.6. The Kier molecular flexibility index (Phi) is 4.74. The molecule has 1 aromatic carbocycles. The molecule has 0 atom stereocenters. The second-order valence-corrected chi connectivity index (χ2v) is 9.22. The van der Waals surface area contributed by atoms with E-state index in [0.717, 1.165) is 67.0 Å². The Morgan fingerprint density at radius 3 is 2.62 bits per heavy atom. The monoisotopic (exact) mass is 407 g/mol. The Bertz CT molecular complexity index is 1000. The highest BCUT2D eigenvalue weighted by Crippen LogP contribution is 2.43. The minimum Gasteiger partial charge on any atom is -0.341 e. The molecule has 2 aliphatic heterocycles. The summed E-state index contributed by atoms with van der Waals surface area (Å²) in [5, 5.41) is 0.920. The molecule has 29 heavy (non-hydrogen) atoms. The van der Waals surface area contributed by atoms with Gasteiger partial charge in [0.15, 0.2) is 0 Å². The average molecular weight is 408 g/mol. The number of aliphatic imine (C=N–C) groups is 1. The predicted molar refractivity (Wildman–Crippen MR) is 116 cm³/mol. The first-order valence-electron chi connectivity index (χ1n) is 10.5. The third kappa shape index (κ3) is 3.29. The number of hydrogen-bond donors (Lipinski definition) is 0. The summed E-state index contributed by atoms with van der Waals surface area (Å²) < 4.78 is 0. The fraction of sp³-hybridized carbons (Fsp3) is 0.435. The number of nitrogens with zero attached hydrogens (tertiary/aromatic N) is 3. The number of thiophene rings is 1. The highest BCUT2D eigenvalue weighted by atomic mass is 32.1. The van der Waals surface area contributed by atoms with Crippen LogP contribution in [0.4, 0.5) is 5.00 Å². The molecule has 3 aliphatic rings. The summed E-state index contributed by atoms with van der Waals surface area (Å²) in [7, 11) is 0. The highest BCUT2D eigenvalue weighted by Gasteiger charge is 2.34.